The Morgan fingerprint density at radius 2 is 1.81 bits per heavy atom. The van der Waals surface area contributed by atoms with Gasteiger partial charge in [-0.1, -0.05) is 30.7 Å². The van der Waals surface area contributed by atoms with Gasteiger partial charge in [-0.05, 0) is 56.2 Å². The summed E-state index contributed by atoms with van der Waals surface area (Å²) in [4.78, 5) is 40.8. The predicted molar refractivity (Wildman–Crippen MR) is 103 cm³/mol. The molecule has 1 heterocycles. The van der Waals surface area contributed by atoms with Crippen molar-refractivity contribution in [3.05, 3.63) is 34.9 Å². The molecule has 0 bridgehead atoms. The molecular formula is C20H26ClN3O3. The number of hydrogen-bond donors (Lipinski definition) is 1. The lowest BCUT2D eigenvalue weighted by Gasteiger charge is -2.34. The molecular weight excluding hydrogens is 366 g/mol. The molecule has 1 aliphatic heterocycles. The van der Waals surface area contributed by atoms with E-state index in [1.807, 2.05) is 0 Å². The summed E-state index contributed by atoms with van der Waals surface area (Å²) >= 11 is 5.91. The summed E-state index contributed by atoms with van der Waals surface area (Å²) in [5, 5.41) is 3.27. The number of rotatable bonds is 4. The number of carbonyl (C=O) groups is 3. The lowest BCUT2D eigenvalue weighted by atomic mass is 9.87. The second-order valence-electron chi connectivity index (χ2n) is 7.87. The Kier molecular flexibility index (Phi) is 5.47. The SMILES string of the molecule is CC1CCC(N(C)C(=O)CN2C(=O)N[C@@](C)(c3ccc(Cl)cc3)C2=O)CC1. The van der Waals surface area contributed by atoms with Gasteiger partial charge in [-0.3, -0.25) is 14.5 Å². The number of benzene rings is 1. The summed E-state index contributed by atoms with van der Waals surface area (Å²) in [5.74, 6) is 0.0584. The first-order chi connectivity index (χ1) is 12.7. The summed E-state index contributed by atoms with van der Waals surface area (Å²) in [6.07, 6.45) is 4.12. The van der Waals surface area contributed by atoms with Gasteiger partial charge < -0.3 is 10.2 Å². The van der Waals surface area contributed by atoms with E-state index in [1.165, 1.54) is 0 Å². The Morgan fingerprint density at radius 1 is 1.22 bits per heavy atom. The van der Waals surface area contributed by atoms with Gasteiger partial charge in [0.15, 0.2) is 0 Å². The molecule has 1 saturated carbocycles. The van der Waals surface area contributed by atoms with Crippen molar-refractivity contribution >= 4 is 29.4 Å². The van der Waals surface area contributed by atoms with Gasteiger partial charge in [0.25, 0.3) is 5.91 Å². The minimum atomic E-state index is -1.19. The molecule has 6 nitrogen and oxygen atoms in total. The van der Waals surface area contributed by atoms with Crippen molar-refractivity contribution in [1.82, 2.24) is 15.1 Å². The van der Waals surface area contributed by atoms with Gasteiger partial charge in [-0.15, -0.1) is 0 Å². The fourth-order valence-electron chi connectivity index (χ4n) is 3.90. The van der Waals surface area contributed by atoms with Gasteiger partial charge in [0, 0.05) is 18.1 Å². The fraction of sp³-hybridized carbons (Fsp3) is 0.550. The van der Waals surface area contributed by atoms with E-state index in [4.69, 9.17) is 11.6 Å². The number of likely N-dealkylation sites (N-methyl/N-ethyl adjacent to an activating group) is 1. The third-order valence-electron chi connectivity index (χ3n) is 5.92. The average molecular weight is 392 g/mol. The second-order valence-corrected chi connectivity index (χ2v) is 8.31. The van der Waals surface area contributed by atoms with E-state index in [0.717, 1.165) is 30.6 Å². The number of hydrogen-bond acceptors (Lipinski definition) is 3. The zero-order valence-corrected chi connectivity index (χ0v) is 16.8. The molecule has 0 unspecified atom stereocenters. The third kappa shape index (κ3) is 3.81. The Morgan fingerprint density at radius 3 is 2.41 bits per heavy atom. The van der Waals surface area contributed by atoms with Crippen LogP contribution in [0.5, 0.6) is 0 Å². The van der Waals surface area contributed by atoms with Crippen molar-refractivity contribution in [1.29, 1.82) is 0 Å². The van der Waals surface area contributed by atoms with Crippen molar-refractivity contribution in [3.8, 4) is 0 Å². The first kappa shape index (κ1) is 19.7. The van der Waals surface area contributed by atoms with Gasteiger partial charge in [-0.2, -0.15) is 0 Å². The van der Waals surface area contributed by atoms with E-state index < -0.39 is 17.5 Å². The predicted octanol–water partition coefficient (Wildman–Crippen LogP) is 3.14. The van der Waals surface area contributed by atoms with Crippen LogP contribution in [0.3, 0.4) is 0 Å². The maximum Gasteiger partial charge on any atom is 0.325 e. The molecule has 2 fully saturated rings. The molecule has 1 aliphatic carbocycles. The van der Waals surface area contributed by atoms with Gasteiger partial charge in [0.2, 0.25) is 5.91 Å². The summed E-state index contributed by atoms with van der Waals surface area (Å²) in [6.45, 7) is 3.63. The molecule has 7 heteroatoms. The van der Waals surface area contributed by atoms with Crippen molar-refractivity contribution in [3.63, 3.8) is 0 Å². The van der Waals surface area contributed by atoms with Crippen molar-refractivity contribution in [2.75, 3.05) is 13.6 Å². The van der Waals surface area contributed by atoms with Crippen LogP contribution in [-0.4, -0.2) is 47.3 Å². The van der Waals surface area contributed by atoms with Crippen LogP contribution >= 0.6 is 11.6 Å². The van der Waals surface area contributed by atoms with Crippen LogP contribution in [0.4, 0.5) is 4.79 Å². The van der Waals surface area contributed by atoms with E-state index in [2.05, 4.69) is 12.2 Å². The minimum Gasteiger partial charge on any atom is -0.341 e. The van der Waals surface area contributed by atoms with Crippen LogP contribution in [0.15, 0.2) is 24.3 Å². The zero-order chi connectivity index (χ0) is 19.8. The van der Waals surface area contributed by atoms with E-state index in [1.54, 1.807) is 43.1 Å². The molecule has 1 aromatic carbocycles. The molecule has 0 aromatic heterocycles. The van der Waals surface area contributed by atoms with Gasteiger partial charge in [0.05, 0.1) is 0 Å². The highest BCUT2D eigenvalue weighted by Gasteiger charge is 2.49. The lowest BCUT2D eigenvalue weighted by molar-refractivity contribution is -0.139. The second kappa shape index (κ2) is 7.50. The molecule has 1 saturated heterocycles. The van der Waals surface area contributed by atoms with Crippen LogP contribution in [0.2, 0.25) is 5.02 Å². The third-order valence-corrected chi connectivity index (χ3v) is 6.17. The van der Waals surface area contributed by atoms with Crippen molar-refractivity contribution < 1.29 is 14.4 Å². The summed E-state index contributed by atoms with van der Waals surface area (Å²) in [5.41, 5.74) is -0.560. The first-order valence-corrected chi connectivity index (χ1v) is 9.76. The van der Waals surface area contributed by atoms with E-state index in [0.29, 0.717) is 16.5 Å². The quantitative estimate of drug-likeness (QED) is 0.801. The molecule has 2 aliphatic rings. The topological polar surface area (TPSA) is 69.7 Å². The number of imide groups is 1. The minimum absolute atomic E-state index is 0.178. The van der Waals surface area contributed by atoms with Crippen LogP contribution in [-0.2, 0) is 15.1 Å². The van der Waals surface area contributed by atoms with Gasteiger partial charge in [0.1, 0.15) is 12.1 Å². The molecule has 3 rings (SSSR count). The van der Waals surface area contributed by atoms with Gasteiger partial charge >= 0.3 is 6.03 Å². The number of halogens is 1. The maximum atomic E-state index is 12.9. The molecule has 1 aromatic rings. The molecule has 4 amide bonds. The van der Waals surface area contributed by atoms with E-state index in [-0.39, 0.29) is 18.5 Å². The zero-order valence-electron chi connectivity index (χ0n) is 16.0. The van der Waals surface area contributed by atoms with Crippen LogP contribution < -0.4 is 5.32 Å². The van der Waals surface area contributed by atoms with Crippen LogP contribution in [0, 0.1) is 5.92 Å². The number of carbonyl (C=O) groups excluding carboxylic acids is 3. The largest absolute Gasteiger partial charge is 0.341 e. The molecule has 0 radical (unpaired) electrons. The Bertz CT molecular complexity index is 743. The lowest BCUT2D eigenvalue weighted by Crippen LogP contribution is -2.47. The number of urea groups is 1. The summed E-state index contributed by atoms with van der Waals surface area (Å²) < 4.78 is 0. The maximum absolute atomic E-state index is 12.9. The Balaban J connectivity index is 1.70. The van der Waals surface area contributed by atoms with Gasteiger partial charge in [-0.25, -0.2) is 4.79 Å². The monoisotopic (exact) mass is 391 g/mol. The normalized spacial score (nSPS) is 28.2. The van der Waals surface area contributed by atoms with Crippen molar-refractivity contribution in [2.24, 2.45) is 5.92 Å². The summed E-state index contributed by atoms with van der Waals surface area (Å²) in [7, 11) is 1.76. The Hall–Kier alpha value is -2.08. The molecule has 1 N–H and O–H groups in total. The molecule has 27 heavy (non-hydrogen) atoms. The fourth-order valence-corrected chi connectivity index (χ4v) is 4.03. The molecule has 1 atom stereocenters. The van der Waals surface area contributed by atoms with Crippen LogP contribution in [0.25, 0.3) is 0 Å². The molecule has 146 valence electrons. The Labute approximate surface area is 164 Å². The first-order valence-electron chi connectivity index (χ1n) is 9.38. The highest BCUT2D eigenvalue weighted by molar-refractivity contribution is 6.30. The highest BCUT2D eigenvalue weighted by atomic mass is 35.5. The smallest absolute Gasteiger partial charge is 0.325 e. The average Bonchev–Trinajstić information content (AvgIpc) is 2.86. The standard InChI is InChI=1S/C20H26ClN3O3/c1-13-4-10-16(11-5-13)23(3)17(25)12-24-18(26)20(2,22-19(24)27)14-6-8-15(21)9-7-14/h6-9,13,16H,4-5,10-12H2,1-3H3,(H,22,27)/t13?,16?,20-/m0/s1. The van der Waals surface area contributed by atoms with E-state index >= 15 is 0 Å². The number of nitrogens with one attached hydrogen (secondary N) is 1. The van der Waals surface area contributed by atoms with Crippen molar-refractivity contribution in [2.45, 2.75) is 51.1 Å². The molecule has 0 spiro atoms. The van der Waals surface area contributed by atoms with Crippen LogP contribution in [0.1, 0.15) is 45.1 Å². The number of nitrogens with zero attached hydrogens (tertiary/aromatic N) is 2. The highest BCUT2D eigenvalue weighted by Crippen LogP contribution is 2.30. The number of amides is 4. The van der Waals surface area contributed by atoms with E-state index in [9.17, 15) is 14.4 Å². The summed E-state index contributed by atoms with van der Waals surface area (Å²) in [6, 6.07) is 6.40.